The van der Waals surface area contributed by atoms with E-state index in [1.165, 1.54) is 54.9 Å². The molecular formula is C23H18. The fourth-order valence-corrected chi connectivity index (χ4v) is 4.13. The molecule has 0 spiro atoms. The van der Waals surface area contributed by atoms with Crippen LogP contribution in [0.5, 0.6) is 0 Å². The average Bonchev–Trinajstić information content (AvgIpc) is 2.97. The second-order valence-electron chi connectivity index (χ2n) is 6.69. The molecule has 0 nitrogen and oxygen atoms in total. The van der Waals surface area contributed by atoms with Crippen LogP contribution in [0.15, 0.2) is 60.7 Å². The number of aryl methyl sites for hydroxylation is 1. The molecule has 1 aliphatic carbocycles. The maximum Gasteiger partial charge on any atom is -0.00105 e. The van der Waals surface area contributed by atoms with Crippen molar-refractivity contribution in [2.24, 2.45) is 0 Å². The Balaban J connectivity index is 1.93. The minimum atomic E-state index is 1.07. The molecule has 4 aromatic carbocycles. The first kappa shape index (κ1) is 12.9. The highest BCUT2D eigenvalue weighted by Crippen LogP contribution is 2.44. The summed E-state index contributed by atoms with van der Waals surface area (Å²) in [6, 6.07) is 22.5. The van der Waals surface area contributed by atoms with E-state index in [2.05, 4.69) is 74.5 Å². The van der Waals surface area contributed by atoms with E-state index in [0.717, 1.165) is 6.42 Å². The molecule has 0 amide bonds. The third kappa shape index (κ3) is 1.66. The normalized spacial score (nSPS) is 12.6. The topological polar surface area (TPSA) is 0 Å². The molecule has 0 N–H and O–H groups in total. The lowest BCUT2D eigenvalue weighted by atomic mass is 9.93. The van der Waals surface area contributed by atoms with Gasteiger partial charge in [0.1, 0.15) is 0 Å². The maximum absolute atomic E-state index is 2.33. The summed E-state index contributed by atoms with van der Waals surface area (Å²) < 4.78 is 0. The minimum Gasteiger partial charge on any atom is -0.0616 e. The number of rotatable bonds is 0. The van der Waals surface area contributed by atoms with Crippen molar-refractivity contribution in [3.05, 3.63) is 82.9 Å². The molecule has 0 aromatic heterocycles. The van der Waals surface area contributed by atoms with E-state index in [0.29, 0.717) is 0 Å². The predicted molar refractivity (Wildman–Crippen MR) is 99.2 cm³/mol. The SMILES string of the molecule is Cc1ccc2c(c1C)Cc1ccc3c(ccc4ccccc43)c1-2. The highest BCUT2D eigenvalue weighted by atomic mass is 14.3. The van der Waals surface area contributed by atoms with Gasteiger partial charge in [-0.3, -0.25) is 0 Å². The summed E-state index contributed by atoms with van der Waals surface area (Å²) >= 11 is 0. The number of benzene rings is 4. The molecule has 0 saturated heterocycles. The van der Waals surface area contributed by atoms with E-state index in [-0.39, 0.29) is 0 Å². The summed E-state index contributed by atoms with van der Waals surface area (Å²) in [5, 5.41) is 5.43. The van der Waals surface area contributed by atoms with Crippen LogP contribution >= 0.6 is 0 Å². The Bertz CT molecular complexity index is 1100. The van der Waals surface area contributed by atoms with Crippen molar-refractivity contribution < 1.29 is 0 Å². The fraction of sp³-hybridized carbons (Fsp3) is 0.130. The van der Waals surface area contributed by atoms with E-state index >= 15 is 0 Å². The van der Waals surface area contributed by atoms with E-state index in [1.807, 2.05) is 0 Å². The van der Waals surface area contributed by atoms with Gasteiger partial charge in [-0.15, -0.1) is 0 Å². The Labute approximate surface area is 136 Å². The predicted octanol–water partition coefficient (Wildman–Crippen LogP) is 6.18. The van der Waals surface area contributed by atoms with Gasteiger partial charge in [0.05, 0.1) is 0 Å². The summed E-state index contributed by atoms with van der Waals surface area (Å²) in [5.41, 5.74) is 8.71. The Kier molecular flexibility index (Phi) is 2.50. The van der Waals surface area contributed by atoms with Gasteiger partial charge in [0.15, 0.2) is 0 Å². The molecule has 0 aliphatic heterocycles. The molecule has 0 atom stereocenters. The van der Waals surface area contributed by atoms with Gasteiger partial charge in [0.2, 0.25) is 0 Å². The first-order valence-electron chi connectivity index (χ1n) is 8.27. The zero-order valence-electron chi connectivity index (χ0n) is 13.5. The van der Waals surface area contributed by atoms with Crippen LogP contribution in [0.25, 0.3) is 32.7 Å². The Morgan fingerprint density at radius 3 is 2.43 bits per heavy atom. The van der Waals surface area contributed by atoms with E-state index in [4.69, 9.17) is 0 Å². The third-order valence-corrected chi connectivity index (χ3v) is 5.52. The van der Waals surface area contributed by atoms with Gasteiger partial charge in [0, 0.05) is 0 Å². The van der Waals surface area contributed by atoms with Gasteiger partial charge in [-0.1, -0.05) is 60.7 Å². The summed E-state index contributed by atoms with van der Waals surface area (Å²) in [4.78, 5) is 0. The van der Waals surface area contributed by atoms with Crippen LogP contribution in [0.3, 0.4) is 0 Å². The molecule has 0 bridgehead atoms. The van der Waals surface area contributed by atoms with Crippen LogP contribution in [0, 0.1) is 13.8 Å². The summed E-state index contributed by atoms with van der Waals surface area (Å²) in [6.45, 7) is 4.47. The Morgan fingerprint density at radius 2 is 1.52 bits per heavy atom. The minimum absolute atomic E-state index is 1.07. The first-order chi connectivity index (χ1) is 11.2. The first-order valence-corrected chi connectivity index (χ1v) is 8.27. The highest BCUT2D eigenvalue weighted by Gasteiger charge is 2.23. The number of hydrogen-bond donors (Lipinski definition) is 0. The lowest BCUT2D eigenvalue weighted by Gasteiger charge is -2.11. The van der Waals surface area contributed by atoms with Crippen LogP contribution in [-0.4, -0.2) is 0 Å². The molecule has 0 heteroatoms. The van der Waals surface area contributed by atoms with Crippen molar-refractivity contribution in [2.45, 2.75) is 20.3 Å². The van der Waals surface area contributed by atoms with Gasteiger partial charge in [0.25, 0.3) is 0 Å². The summed E-state index contributed by atoms with van der Waals surface area (Å²) in [5.74, 6) is 0. The quantitative estimate of drug-likeness (QED) is 0.299. The Hall–Kier alpha value is -2.60. The van der Waals surface area contributed by atoms with E-state index < -0.39 is 0 Å². The summed E-state index contributed by atoms with van der Waals surface area (Å²) in [7, 11) is 0. The molecule has 1 aliphatic rings. The molecule has 110 valence electrons. The number of fused-ring (bicyclic) bond motifs is 7. The van der Waals surface area contributed by atoms with Crippen molar-refractivity contribution in [3.8, 4) is 11.1 Å². The zero-order valence-corrected chi connectivity index (χ0v) is 13.5. The van der Waals surface area contributed by atoms with E-state index in [9.17, 15) is 0 Å². The van der Waals surface area contributed by atoms with Gasteiger partial charge >= 0.3 is 0 Å². The monoisotopic (exact) mass is 294 g/mol. The summed E-state index contributed by atoms with van der Waals surface area (Å²) in [6.07, 6.45) is 1.07. The molecule has 0 heterocycles. The fourth-order valence-electron chi connectivity index (χ4n) is 4.13. The zero-order chi connectivity index (χ0) is 15.6. The lowest BCUT2D eigenvalue weighted by Crippen LogP contribution is -1.89. The number of hydrogen-bond acceptors (Lipinski definition) is 0. The highest BCUT2D eigenvalue weighted by molar-refractivity contribution is 6.13. The van der Waals surface area contributed by atoms with Crippen LogP contribution in [-0.2, 0) is 6.42 Å². The lowest BCUT2D eigenvalue weighted by molar-refractivity contribution is 1.19. The van der Waals surface area contributed by atoms with Gasteiger partial charge in [-0.05, 0) is 75.2 Å². The second kappa shape index (κ2) is 4.45. The van der Waals surface area contributed by atoms with Crippen molar-refractivity contribution in [3.63, 3.8) is 0 Å². The van der Waals surface area contributed by atoms with Gasteiger partial charge in [-0.25, -0.2) is 0 Å². The molecule has 5 rings (SSSR count). The molecule has 4 aromatic rings. The van der Waals surface area contributed by atoms with E-state index in [1.54, 1.807) is 0 Å². The molecule has 23 heavy (non-hydrogen) atoms. The van der Waals surface area contributed by atoms with Crippen LogP contribution in [0.1, 0.15) is 22.3 Å². The smallest absolute Gasteiger partial charge is 0.00105 e. The third-order valence-electron chi connectivity index (χ3n) is 5.52. The van der Waals surface area contributed by atoms with Crippen molar-refractivity contribution >= 4 is 21.5 Å². The largest absolute Gasteiger partial charge is 0.0616 e. The molecule has 0 saturated carbocycles. The molecule has 0 unspecified atom stereocenters. The Morgan fingerprint density at radius 1 is 0.696 bits per heavy atom. The van der Waals surface area contributed by atoms with Crippen LogP contribution < -0.4 is 0 Å². The van der Waals surface area contributed by atoms with Gasteiger partial charge in [-0.2, -0.15) is 0 Å². The second-order valence-corrected chi connectivity index (χ2v) is 6.69. The van der Waals surface area contributed by atoms with Crippen LogP contribution in [0.2, 0.25) is 0 Å². The van der Waals surface area contributed by atoms with Crippen molar-refractivity contribution in [1.82, 2.24) is 0 Å². The standard InChI is InChI=1S/C23H18/c1-14-7-10-21-22(15(14)2)13-17-9-11-19-18-6-4-3-5-16(18)8-12-20(19)23(17)21/h3-12H,13H2,1-2H3. The maximum atomic E-state index is 2.33. The van der Waals surface area contributed by atoms with Gasteiger partial charge < -0.3 is 0 Å². The average molecular weight is 294 g/mol. The van der Waals surface area contributed by atoms with Crippen molar-refractivity contribution in [2.75, 3.05) is 0 Å². The molecule has 0 radical (unpaired) electrons. The molecule has 0 fully saturated rings. The van der Waals surface area contributed by atoms with Crippen molar-refractivity contribution in [1.29, 1.82) is 0 Å². The molecular weight excluding hydrogens is 276 g/mol. The van der Waals surface area contributed by atoms with Crippen LogP contribution in [0.4, 0.5) is 0 Å².